The van der Waals surface area contributed by atoms with Gasteiger partial charge in [-0.1, -0.05) is 36.4 Å². The van der Waals surface area contributed by atoms with E-state index in [1.54, 1.807) is 4.90 Å². The highest BCUT2D eigenvalue weighted by atomic mass is 16.5. The van der Waals surface area contributed by atoms with Gasteiger partial charge in [0.25, 0.3) is 0 Å². The van der Waals surface area contributed by atoms with Crippen LogP contribution in [0, 0.1) is 0 Å². The van der Waals surface area contributed by atoms with Crippen LogP contribution in [0.3, 0.4) is 0 Å². The fourth-order valence-corrected chi connectivity index (χ4v) is 3.65. The number of alkyl carbamates (subject to hydrolysis) is 1. The molecule has 1 aliphatic heterocycles. The third kappa shape index (κ3) is 6.73. The van der Waals surface area contributed by atoms with Gasteiger partial charge in [-0.3, -0.25) is 9.59 Å². The zero-order chi connectivity index (χ0) is 22.9. The molecule has 8 heteroatoms. The topological polar surface area (TPSA) is 105 Å². The van der Waals surface area contributed by atoms with Crippen LogP contribution in [-0.4, -0.2) is 54.9 Å². The van der Waals surface area contributed by atoms with Gasteiger partial charge in [-0.25, -0.2) is 4.79 Å². The van der Waals surface area contributed by atoms with Crippen molar-refractivity contribution in [3.63, 3.8) is 0 Å². The predicted molar refractivity (Wildman–Crippen MR) is 123 cm³/mol. The summed E-state index contributed by atoms with van der Waals surface area (Å²) in [5.74, 6) is -0.233. The Labute approximate surface area is 188 Å². The summed E-state index contributed by atoms with van der Waals surface area (Å²) in [6.07, 6.45) is -0.247. The number of carbonyl (C=O) groups excluding carboxylic acids is 3. The Hall–Kier alpha value is -3.55. The van der Waals surface area contributed by atoms with Crippen LogP contribution in [0.15, 0.2) is 54.6 Å². The van der Waals surface area contributed by atoms with Crippen LogP contribution in [0.1, 0.15) is 25.3 Å². The molecule has 1 saturated heterocycles. The van der Waals surface area contributed by atoms with Crippen LogP contribution in [0.2, 0.25) is 0 Å². The minimum Gasteiger partial charge on any atom is -0.445 e. The number of nitrogens with two attached hydrogens (primary N) is 1. The van der Waals surface area contributed by atoms with Gasteiger partial charge in [0.2, 0.25) is 5.91 Å². The standard InChI is InChI=1S/C24H30N4O4/c1-18(29)22(26-24(31)32-17-19-6-3-2-4-7-19)10-11-23(30)28-14-12-27(13-15-28)21-9-5-8-20(25)16-21/h2-9,16,22H,10-15,17,25H2,1H3,(H,26,31)/t22-/m0/s1. The van der Waals surface area contributed by atoms with Gasteiger partial charge < -0.3 is 25.6 Å². The number of anilines is 2. The number of benzene rings is 2. The third-order valence-corrected chi connectivity index (χ3v) is 5.51. The maximum atomic E-state index is 12.7. The first-order valence-corrected chi connectivity index (χ1v) is 10.8. The Morgan fingerprint density at radius 2 is 1.75 bits per heavy atom. The molecule has 1 heterocycles. The molecule has 0 aliphatic carbocycles. The van der Waals surface area contributed by atoms with Gasteiger partial charge in [0.05, 0.1) is 6.04 Å². The summed E-state index contributed by atoms with van der Waals surface area (Å²) in [6, 6.07) is 16.2. The Kier molecular flexibility index (Phi) is 8.08. The second-order valence-electron chi connectivity index (χ2n) is 7.87. The summed E-state index contributed by atoms with van der Waals surface area (Å²) >= 11 is 0. The van der Waals surface area contributed by atoms with Crippen molar-refractivity contribution in [3.05, 3.63) is 60.2 Å². The average molecular weight is 439 g/mol. The molecule has 170 valence electrons. The van der Waals surface area contributed by atoms with Gasteiger partial charge in [-0.15, -0.1) is 0 Å². The number of piperazine rings is 1. The van der Waals surface area contributed by atoms with Crippen LogP contribution >= 0.6 is 0 Å². The first kappa shape index (κ1) is 23.1. The van der Waals surface area contributed by atoms with Gasteiger partial charge in [0.15, 0.2) is 5.78 Å². The fraction of sp³-hybridized carbons (Fsp3) is 0.375. The van der Waals surface area contributed by atoms with Crippen LogP contribution in [0.25, 0.3) is 0 Å². The number of hydrogen-bond acceptors (Lipinski definition) is 6. The molecule has 0 spiro atoms. The van der Waals surface area contributed by atoms with E-state index in [2.05, 4.69) is 10.2 Å². The molecule has 1 atom stereocenters. The van der Waals surface area contributed by atoms with Crippen molar-refractivity contribution in [2.24, 2.45) is 0 Å². The molecule has 2 amide bonds. The van der Waals surface area contributed by atoms with E-state index in [0.29, 0.717) is 18.8 Å². The van der Waals surface area contributed by atoms with Gasteiger partial charge in [-0.05, 0) is 37.1 Å². The zero-order valence-electron chi connectivity index (χ0n) is 18.3. The van der Waals surface area contributed by atoms with Crippen molar-refractivity contribution in [1.82, 2.24) is 10.2 Å². The van der Waals surface area contributed by atoms with Crippen molar-refractivity contribution in [3.8, 4) is 0 Å². The van der Waals surface area contributed by atoms with Crippen LogP contribution in [0.4, 0.5) is 16.2 Å². The summed E-state index contributed by atoms with van der Waals surface area (Å²) in [7, 11) is 0. The fourth-order valence-electron chi connectivity index (χ4n) is 3.65. The third-order valence-electron chi connectivity index (χ3n) is 5.51. The van der Waals surface area contributed by atoms with E-state index in [9.17, 15) is 14.4 Å². The van der Waals surface area contributed by atoms with Gasteiger partial charge >= 0.3 is 6.09 Å². The number of carbonyl (C=O) groups is 3. The lowest BCUT2D eigenvalue weighted by Crippen LogP contribution is -2.49. The molecule has 2 aromatic rings. The maximum Gasteiger partial charge on any atom is 0.408 e. The van der Waals surface area contributed by atoms with E-state index >= 15 is 0 Å². The highest BCUT2D eigenvalue weighted by molar-refractivity contribution is 5.86. The Morgan fingerprint density at radius 3 is 2.41 bits per heavy atom. The molecule has 0 radical (unpaired) electrons. The minimum absolute atomic E-state index is 0.0251. The minimum atomic E-state index is -0.754. The molecule has 0 aromatic heterocycles. The van der Waals surface area contributed by atoms with Crippen LogP contribution in [-0.2, 0) is 20.9 Å². The summed E-state index contributed by atoms with van der Waals surface area (Å²) in [6.45, 7) is 4.16. The quantitative estimate of drug-likeness (QED) is 0.614. The van der Waals surface area contributed by atoms with Crippen molar-refractivity contribution in [1.29, 1.82) is 0 Å². The second kappa shape index (κ2) is 11.2. The van der Waals surface area contributed by atoms with Crippen molar-refractivity contribution < 1.29 is 19.1 Å². The SMILES string of the molecule is CC(=O)[C@H](CCC(=O)N1CCN(c2cccc(N)c2)CC1)NC(=O)OCc1ccccc1. The lowest BCUT2D eigenvalue weighted by atomic mass is 10.1. The highest BCUT2D eigenvalue weighted by Crippen LogP contribution is 2.19. The molecule has 32 heavy (non-hydrogen) atoms. The molecular formula is C24H30N4O4. The first-order chi connectivity index (χ1) is 15.4. The van der Waals surface area contributed by atoms with Crippen LogP contribution in [0.5, 0.6) is 0 Å². The molecule has 1 aliphatic rings. The van der Waals surface area contributed by atoms with Gasteiger partial charge in [-0.2, -0.15) is 0 Å². The lowest BCUT2D eigenvalue weighted by Gasteiger charge is -2.36. The molecule has 0 unspecified atom stereocenters. The van der Waals surface area contributed by atoms with Gasteiger partial charge in [0.1, 0.15) is 6.61 Å². The number of hydrogen-bond donors (Lipinski definition) is 2. The molecular weight excluding hydrogens is 408 g/mol. The molecule has 0 saturated carbocycles. The molecule has 3 rings (SSSR count). The lowest BCUT2D eigenvalue weighted by molar-refractivity contribution is -0.131. The monoisotopic (exact) mass is 438 g/mol. The number of nitrogen functional groups attached to an aromatic ring is 1. The number of ether oxygens (including phenoxy) is 1. The number of ketones is 1. The van der Waals surface area contributed by atoms with Crippen molar-refractivity contribution in [2.75, 3.05) is 36.8 Å². The Balaban J connectivity index is 1.42. The number of nitrogens with one attached hydrogen (secondary N) is 1. The number of amides is 2. The Morgan fingerprint density at radius 1 is 1.03 bits per heavy atom. The molecule has 3 N–H and O–H groups in total. The summed E-state index contributed by atoms with van der Waals surface area (Å²) in [4.78, 5) is 40.7. The maximum absolute atomic E-state index is 12.7. The van der Waals surface area contributed by atoms with E-state index in [1.165, 1.54) is 6.92 Å². The highest BCUT2D eigenvalue weighted by Gasteiger charge is 2.24. The predicted octanol–water partition coefficient (Wildman–Crippen LogP) is 2.58. The average Bonchev–Trinajstić information content (AvgIpc) is 2.81. The summed E-state index contributed by atoms with van der Waals surface area (Å²) < 4.78 is 5.18. The normalized spacial score (nSPS) is 14.5. The second-order valence-corrected chi connectivity index (χ2v) is 7.87. The summed E-state index contributed by atoms with van der Waals surface area (Å²) in [5.41, 5.74) is 8.48. The number of nitrogens with zero attached hydrogens (tertiary/aromatic N) is 2. The number of rotatable bonds is 8. The first-order valence-electron chi connectivity index (χ1n) is 10.8. The molecule has 8 nitrogen and oxygen atoms in total. The Bertz CT molecular complexity index is 927. The zero-order valence-corrected chi connectivity index (χ0v) is 18.3. The number of Topliss-reactive ketones (excluding diaryl/α,β-unsaturated/α-hetero) is 1. The van der Waals surface area contributed by atoms with Crippen LogP contribution < -0.4 is 16.0 Å². The van der Waals surface area contributed by atoms with E-state index in [1.807, 2.05) is 54.6 Å². The van der Waals surface area contributed by atoms with E-state index in [4.69, 9.17) is 10.5 Å². The smallest absolute Gasteiger partial charge is 0.408 e. The van der Waals surface area contributed by atoms with E-state index in [-0.39, 0.29) is 31.1 Å². The molecule has 2 aromatic carbocycles. The summed E-state index contributed by atoms with van der Waals surface area (Å²) in [5, 5.41) is 2.58. The van der Waals surface area contributed by atoms with Crippen molar-refractivity contribution >= 4 is 29.2 Å². The largest absolute Gasteiger partial charge is 0.445 e. The van der Waals surface area contributed by atoms with E-state index in [0.717, 1.165) is 24.3 Å². The molecule has 1 fully saturated rings. The molecule has 0 bridgehead atoms. The van der Waals surface area contributed by atoms with E-state index < -0.39 is 12.1 Å². The van der Waals surface area contributed by atoms with Crippen molar-refractivity contribution in [2.45, 2.75) is 32.4 Å². The van der Waals surface area contributed by atoms with Gasteiger partial charge in [0, 0.05) is 44.0 Å².